The second-order valence-electron chi connectivity index (χ2n) is 5.50. The Morgan fingerprint density at radius 3 is 2.47 bits per heavy atom. The highest BCUT2D eigenvalue weighted by molar-refractivity contribution is 6.30. The highest BCUT2D eigenvalue weighted by Crippen LogP contribution is 2.27. The number of carbonyl (C=O) groups excluding carboxylic acids is 1. The Hall–Kier alpha value is -1.28. The molecule has 102 valence electrons. The summed E-state index contributed by atoms with van der Waals surface area (Å²) in [5, 5.41) is 3.83. The van der Waals surface area contributed by atoms with E-state index in [-0.39, 0.29) is 11.4 Å². The number of hydrogen-bond donors (Lipinski definition) is 1. The van der Waals surface area contributed by atoms with Gasteiger partial charge < -0.3 is 5.32 Å². The second kappa shape index (κ2) is 6.25. The van der Waals surface area contributed by atoms with E-state index < -0.39 is 0 Å². The first-order valence-electron chi connectivity index (χ1n) is 6.83. The molecule has 1 aliphatic carbocycles. The van der Waals surface area contributed by atoms with Gasteiger partial charge in [0.25, 0.3) is 0 Å². The van der Waals surface area contributed by atoms with E-state index in [1.165, 1.54) is 19.3 Å². The number of carbonyl (C=O) groups is 1. The largest absolute Gasteiger partial charge is 0.347 e. The van der Waals surface area contributed by atoms with Gasteiger partial charge in [0.2, 0.25) is 5.91 Å². The van der Waals surface area contributed by atoms with Crippen molar-refractivity contribution in [2.75, 3.05) is 0 Å². The van der Waals surface area contributed by atoms with Crippen LogP contribution in [0.4, 0.5) is 0 Å². The molecule has 0 unspecified atom stereocenters. The van der Waals surface area contributed by atoms with Crippen LogP contribution in [-0.4, -0.2) is 11.4 Å². The van der Waals surface area contributed by atoms with Gasteiger partial charge in [-0.25, -0.2) is 0 Å². The van der Waals surface area contributed by atoms with Crippen molar-refractivity contribution in [2.24, 2.45) is 0 Å². The average Bonchev–Trinajstić information content (AvgIpc) is 2.38. The lowest BCUT2D eigenvalue weighted by Gasteiger charge is -2.34. The number of benzene rings is 1. The quantitative estimate of drug-likeness (QED) is 0.825. The molecule has 0 radical (unpaired) electrons. The molecular formula is C16H20ClNO. The maximum absolute atomic E-state index is 11.9. The van der Waals surface area contributed by atoms with Crippen molar-refractivity contribution in [3.63, 3.8) is 0 Å². The zero-order valence-corrected chi connectivity index (χ0v) is 12.0. The van der Waals surface area contributed by atoms with E-state index in [2.05, 4.69) is 12.2 Å². The Morgan fingerprint density at radius 1 is 1.21 bits per heavy atom. The molecule has 1 amide bonds. The summed E-state index contributed by atoms with van der Waals surface area (Å²) in [6.45, 7) is 2.14. The summed E-state index contributed by atoms with van der Waals surface area (Å²) in [6.07, 6.45) is 9.27. The van der Waals surface area contributed by atoms with Gasteiger partial charge in [0.15, 0.2) is 0 Å². The Bertz CT molecular complexity index is 458. The third-order valence-corrected chi connectivity index (χ3v) is 3.93. The maximum Gasteiger partial charge on any atom is 0.244 e. The minimum atomic E-state index is -0.0281. The van der Waals surface area contributed by atoms with Crippen LogP contribution in [0.5, 0.6) is 0 Å². The molecule has 1 N–H and O–H groups in total. The summed E-state index contributed by atoms with van der Waals surface area (Å²) >= 11 is 5.82. The van der Waals surface area contributed by atoms with Crippen LogP contribution in [0.1, 0.15) is 44.6 Å². The van der Waals surface area contributed by atoms with Gasteiger partial charge in [-0.05, 0) is 43.5 Å². The van der Waals surface area contributed by atoms with Crippen molar-refractivity contribution in [3.8, 4) is 0 Å². The van der Waals surface area contributed by atoms with E-state index in [1.54, 1.807) is 6.08 Å². The molecule has 1 aromatic carbocycles. The van der Waals surface area contributed by atoms with E-state index in [4.69, 9.17) is 11.6 Å². The first-order valence-corrected chi connectivity index (χ1v) is 7.21. The van der Waals surface area contributed by atoms with Crippen LogP contribution in [0.15, 0.2) is 30.3 Å². The monoisotopic (exact) mass is 277 g/mol. The van der Waals surface area contributed by atoms with E-state index in [1.807, 2.05) is 30.3 Å². The SMILES string of the molecule is CC1(NC(=O)C=Cc2ccc(Cl)cc2)CCCCC1. The van der Waals surface area contributed by atoms with Crippen LogP contribution in [0, 0.1) is 0 Å². The van der Waals surface area contributed by atoms with Gasteiger partial charge in [-0.1, -0.05) is 43.0 Å². The van der Waals surface area contributed by atoms with Crippen LogP contribution in [0.25, 0.3) is 6.08 Å². The summed E-state index contributed by atoms with van der Waals surface area (Å²) in [4.78, 5) is 11.9. The van der Waals surface area contributed by atoms with Crippen molar-refractivity contribution >= 4 is 23.6 Å². The Kier molecular flexibility index (Phi) is 4.65. The molecule has 0 heterocycles. The van der Waals surface area contributed by atoms with E-state index >= 15 is 0 Å². The highest BCUT2D eigenvalue weighted by Gasteiger charge is 2.27. The molecule has 0 saturated heterocycles. The number of rotatable bonds is 3. The molecule has 0 aromatic heterocycles. The van der Waals surface area contributed by atoms with Gasteiger partial charge in [0, 0.05) is 16.6 Å². The second-order valence-corrected chi connectivity index (χ2v) is 5.93. The highest BCUT2D eigenvalue weighted by atomic mass is 35.5. The van der Waals surface area contributed by atoms with Crippen LogP contribution in [-0.2, 0) is 4.79 Å². The van der Waals surface area contributed by atoms with E-state index in [9.17, 15) is 4.79 Å². The zero-order valence-electron chi connectivity index (χ0n) is 11.3. The topological polar surface area (TPSA) is 29.1 Å². The molecule has 3 heteroatoms. The van der Waals surface area contributed by atoms with Crippen molar-refractivity contribution in [2.45, 2.75) is 44.6 Å². The maximum atomic E-state index is 11.9. The summed E-state index contributed by atoms with van der Waals surface area (Å²) in [7, 11) is 0. The minimum Gasteiger partial charge on any atom is -0.347 e. The van der Waals surface area contributed by atoms with Crippen LogP contribution >= 0.6 is 11.6 Å². The fourth-order valence-electron chi connectivity index (χ4n) is 2.54. The molecule has 1 saturated carbocycles. The van der Waals surface area contributed by atoms with Gasteiger partial charge >= 0.3 is 0 Å². The Labute approximate surface area is 119 Å². The molecule has 2 rings (SSSR count). The molecular weight excluding hydrogens is 258 g/mol. The van der Waals surface area contributed by atoms with Crippen molar-refractivity contribution in [1.29, 1.82) is 0 Å². The summed E-state index contributed by atoms with van der Waals surface area (Å²) in [6, 6.07) is 7.44. The van der Waals surface area contributed by atoms with Crippen LogP contribution in [0.2, 0.25) is 5.02 Å². The van der Waals surface area contributed by atoms with Gasteiger partial charge in [0.1, 0.15) is 0 Å². The van der Waals surface area contributed by atoms with Crippen molar-refractivity contribution in [1.82, 2.24) is 5.32 Å². The number of halogens is 1. The lowest BCUT2D eigenvalue weighted by Crippen LogP contribution is -2.46. The fourth-order valence-corrected chi connectivity index (χ4v) is 2.67. The third kappa shape index (κ3) is 4.39. The Balaban J connectivity index is 1.91. The van der Waals surface area contributed by atoms with Crippen molar-refractivity contribution < 1.29 is 4.79 Å². The molecule has 1 fully saturated rings. The summed E-state index contributed by atoms with van der Waals surface area (Å²) in [5.41, 5.74) is 0.952. The van der Waals surface area contributed by atoms with Gasteiger partial charge in [0.05, 0.1) is 0 Å². The summed E-state index contributed by atoms with van der Waals surface area (Å²) in [5.74, 6) is -0.0145. The fraction of sp³-hybridized carbons (Fsp3) is 0.438. The van der Waals surface area contributed by atoms with Crippen molar-refractivity contribution in [3.05, 3.63) is 40.9 Å². The number of nitrogens with one attached hydrogen (secondary N) is 1. The first-order chi connectivity index (χ1) is 9.07. The van der Waals surface area contributed by atoms with Gasteiger partial charge in [-0.3, -0.25) is 4.79 Å². The number of amides is 1. The first kappa shape index (κ1) is 14.1. The Morgan fingerprint density at radius 2 is 1.84 bits per heavy atom. The minimum absolute atomic E-state index is 0.0145. The van der Waals surface area contributed by atoms with Gasteiger partial charge in [-0.2, -0.15) is 0 Å². The normalized spacial score (nSPS) is 18.4. The predicted octanol–water partition coefficient (Wildman–Crippen LogP) is 4.19. The lowest BCUT2D eigenvalue weighted by molar-refractivity contribution is -0.118. The average molecular weight is 278 g/mol. The standard InChI is InChI=1S/C16H20ClNO/c1-16(11-3-2-4-12-16)18-15(19)10-7-13-5-8-14(17)9-6-13/h5-10H,2-4,11-12H2,1H3,(H,18,19). The summed E-state index contributed by atoms with van der Waals surface area (Å²) < 4.78 is 0. The zero-order chi connectivity index (χ0) is 13.7. The number of hydrogen-bond acceptors (Lipinski definition) is 1. The van der Waals surface area contributed by atoms with Crippen LogP contribution < -0.4 is 5.32 Å². The molecule has 0 atom stereocenters. The third-order valence-electron chi connectivity index (χ3n) is 3.68. The van der Waals surface area contributed by atoms with E-state index in [0.717, 1.165) is 18.4 Å². The molecule has 0 spiro atoms. The molecule has 0 bridgehead atoms. The lowest BCUT2D eigenvalue weighted by atomic mass is 9.83. The molecule has 0 aliphatic heterocycles. The molecule has 1 aromatic rings. The van der Waals surface area contributed by atoms with Crippen LogP contribution in [0.3, 0.4) is 0 Å². The molecule has 19 heavy (non-hydrogen) atoms. The molecule has 1 aliphatic rings. The van der Waals surface area contributed by atoms with E-state index in [0.29, 0.717) is 5.02 Å². The molecule has 2 nitrogen and oxygen atoms in total. The predicted molar refractivity (Wildman–Crippen MR) is 80.1 cm³/mol. The smallest absolute Gasteiger partial charge is 0.244 e. The van der Waals surface area contributed by atoms with Gasteiger partial charge in [-0.15, -0.1) is 0 Å².